The van der Waals surface area contributed by atoms with E-state index in [4.69, 9.17) is 0 Å². The highest BCUT2D eigenvalue weighted by Gasteiger charge is 2.17. The van der Waals surface area contributed by atoms with E-state index >= 15 is 0 Å². The maximum Gasteiger partial charge on any atom is 0.255 e. The highest BCUT2D eigenvalue weighted by atomic mass is 32.2. The summed E-state index contributed by atoms with van der Waals surface area (Å²) >= 11 is 2.01. The number of benzene rings is 2. The molecule has 1 saturated heterocycles. The number of sulfonamides is 1. The molecule has 2 N–H and O–H groups in total. The third-order valence-electron chi connectivity index (χ3n) is 4.83. The molecule has 2 aromatic rings. The number of amides is 1. The molecule has 2 aromatic carbocycles. The van der Waals surface area contributed by atoms with Gasteiger partial charge >= 0.3 is 0 Å². The van der Waals surface area contributed by atoms with Gasteiger partial charge in [-0.25, -0.2) is 13.1 Å². The summed E-state index contributed by atoms with van der Waals surface area (Å²) < 4.78 is 27.2. The molecule has 0 aromatic heterocycles. The minimum atomic E-state index is -3.65. The second-order valence-corrected chi connectivity index (χ2v) is 10.6. The van der Waals surface area contributed by atoms with Crippen LogP contribution < -0.4 is 10.0 Å². The Hall–Kier alpha value is -1.87. The topological polar surface area (TPSA) is 78.5 Å². The summed E-state index contributed by atoms with van der Waals surface area (Å²) in [5.74, 6) is 2.08. The highest BCUT2D eigenvalue weighted by Crippen LogP contribution is 2.16. The summed E-state index contributed by atoms with van der Waals surface area (Å²) in [5.41, 5.74) is 2.22. The first-order valence-electron chi connectivity index (χ1n) is 10.2. The molecule has 0 unspecified atom stereocenters. The summed E-state index contributed by atoms with van der Waals surface area (Å²) in [6.07, 6.45) is 0.988. The quantitative estimate of drug-likeness (QED) is 0.650. The van der Waals surface area contributed by atoms with Crippen LogP contribution in [0.25, 0.3) is 0 Å². The lowest BCUT2D eigenvalue weighted by Gasteiger charge is -2.26. The summed E-state index contributed by atoms with van der Waals surface area (Å²) in [6.45, 7) is 6.87. The van der Waals surface area contributed by atoms with Gasteiger partial charge in [0.25, 0.3) is 5.91 Å². The van der Waals surface area contributed by atoms with E-state index in [1.807, 2.05) is 36.0 Å². The van der Waals surface area contributed by atoms with Crippen LogP contribution in [0.4, 0.5) is 5.69 Å². The lowest BCUT2D eigenvalue weighted by molar-refractivity contribution is 0.102. The Morgan fingerprint density at radius 1 is 1.10 bits per heavy atom. The minimum absolute atomic E-state index is 0.0790. The van der Waals surface area contributed by atoms with Gasteiger partial charge in [-0.1, -0.05) is 18.2 Å². The molecule has 1 aliphatic rings. The first kappa shape index (κ1) is 22.8. The van der Waals surface area contributed by atoms with Crippen LogP contribution in [0.1, 0.15) is 29.8 Å². The molecule has 30 heavy (non-hydrogen) atoms. The third kappa shape index (κ3) is 6.57. The van der Waals surface area contributed by atoms with Gasteiger partial charge in [0.15, 0.2) is 0 Å². The molecule has 0 atom stereocenters. The smallest absolute Gasteiger partial charge is 0.255 e. The fraction of sp³-hybridized carbons (Fsp3) is 0.409. The molecular weight excluding hydrogens is 418 g/mol. The van der Waals surface area contributed by atoms with Crippen molar-refractivity contribution in [2.75, 3.05) is 36.5 Å². The van der Waals surface area contributed by atoms with Crippen LogP contribution in [0.5, 0.6) is 0 Å². The molecule has 1 fully saturated rings. The van der Waals surface area contributed by atoms with Crippen LogP contribution in [-0.2, 0) is 16.4 Å². The number of nitrogens with one attached hydrogen (secondary N) is 2. The van der Waals surface area contributed by atoms with Gasteiger partial charge in [-0.05, 0) is 56.2 Å². The normalized spacial score (nSPS) is 15.3. The molecule has 6 nitrogen and oxygen atoms in total. The van der Waals surface area contributed by atoms with Gasteiger partial charge in [0.2, 0.25) is 10.0 Å². The molecule has 1 heterocycles. The van der Waals surface area contributed by atoms with Crippen LogP contribution in [0, 0.1) is 0 Å². The zero-order valence-corrected chi connectivity index (χ0v) is 19.1. The molecule has 8 heteroatoms. The standard InChI is InChI=1S/C22H29N3O3S2/c1-17(2)24-30(27,28)21-5-3-4-19(16-21)22(26)23-20-8-6-18(7-9-20)10-11-25-12-14-29-15-13-25/h3-9,16-17,24H,10-15H2,1-2H3,(H,23,26). The molecule has 0 saturated carbocycles. The van der Waals surface area contributed by atoms with E-state index in [0.717, 1.165) is 26.1 Å². The van der Waals surface area contributed by atoms with E-state index in [1.54, 1.807) is 26.0 Å². The van der Waals surface area contributed by atoms with Crippen LogP contribution in [0.15, 0.2) is 53.4 Å². The first-order chi connectivity index (χ1) is 14.3. The number of carbonyl (C=O) groups is 1. The number of anilines is 1. The predicted octanol–water partition coefficient (Wildman–Crippen LogP) is 3.22. The average Bonchev–Trinajstić information content (AvgIpc) is 2.73. The Morgan fingerprint density at radius 2 is 1.80 bits per heavy atom. The van der Waals surface area contributed by atoms with Crippen molar-refractivity contribution in [2.45, 2.75) is 31.2 Å². The monoisotopic (exact) mass is 447 g/mol. The molecule has 0 spiro atoms. The number of rotatable bonds is 8. The molecule has 1 amide bonds. The molecule has 1 aliphatic heterocycles. The minimum Gasteiger partial charge on any atom is -0.322 e. The van der Waals surface area contributed by atoms with Gasteiger partial charge in [-0.15, -0.1) is 0 Å². The van der Waals surface area contributed by atoms with Gasteiger partial charge in [0.05, 0.1) is 4.90 Å². The van der Waals surface area contributed by atoms with Crippen molar-refractivity contribution in [3.05, 3.63) is 59.7 Å². The Kier molecular flexibility index (Phi) is 7.93. The fourth-order valence-electron chi connectivity index (χ4n) is 3.25. The van der Waals surface area contributed by atoms with Crippen molar-refractivity contribution < 1.29 is 13.2 Å². The second-order valence-electron chi connectivity index (χ2n) is 7.66. The largest absolute Gasteiger partial charge is 0.322 e. The van der Waals surface area contributed by atoms with Gasteiger partial charge < -0.3 is 10.2 Å². The van der Waals surface area contributed by atoms with Gasteiger partial charge in [0, 0.05) is 48.4 Å². The molecule has 0 bridgehead atoms. The molecule has 0 radical (unpaired) electrons. The van der Waals surface area contributed by atoms with Crippen molar-refractivity contribution in [2.24, 2.45) is 0 Å². The van der Waals surface area contributed by atoms with E-state index in [2.05, 4.69) is 14.9 Å². The number of carbonyl (C=O) groups excluding carboxylic acids is 1. The number of hydrogen-bond acceptors (Lipinski definition) is 5. The molecule has 3 rings (SSSR count). The Morgan fingerprint density at radius 3 is 2.47 bits per heavy atom. The average molecular weight is 448 g/mol. The van der Waals surface area contributed by atoms with Crippen LogP contribution >= 0.6 is 11.8 Å². The van der Waals surface area contributed by atoms with Crippen molar-refractivity contribution in [1.29, 1.82) is 0 Å². The van der Waals surface area contributed by atoms with Gasteiger partial charge in [0.1, 0.15) is 0 Å². The summed E-state index contributed by atoms with van der Waals surface area (Å²) in [4.78, 5) is 15.2. The first-order valence-corrected chi connectivity index (χ1v) is 12.8. The third-order valence-corrected chi connectivity index (χ3v) is 7.43. The van der Waals surface area contributed by atoms with E-state index in [1.165, 1.54) is 29.2 Å². The van der Waals surface area contributed by atoms with E-state index < -0.39 is 10.0 Å². The van der Waals surface area contributed by atoms with Crippen LogP contribution in [0.2, 0.25) is 0 Å². The molecule has 162 valence electrons. The zero-order valence-electron chi connectivity index (χ0n) is 17.4. The van der Waals surface area contributed by atoms with Crippen LogP contribution in [0.3, 0.4) is 0 Å². The predicted molar refractivity (Wildman–Crippen MR) is 124 cm³/mol. The summed E-state index contributed by atoms with van der Waals surface area (Å²) in [5, 5.41) is 2.84. The van der Waals surface area contributed by atoms with E-state index in [-0.39, 0.29) is 16.8 Å². The lowest BCUT2D eigenvalue weighted by atomic mass is 10.1. The Labute approximate surface area is 183 Å². The summed E-state index contributed by atoms with van der Waals surface area (Å²) in [7, 11) is -3.65. The van der Waals surface area contributed by atoms with E-state index in [0.29, 0.717) is 11.3 Å². The zero-order chi connectivity index (χ0) is 21.6. The lowest BCUT2D eigenvalue weighted by Crippen LogP contribution is -2.34. The fourth-order valence-corrected chi connectivity index (χ4v) is 5.53. The maximum atomic E-state index is 12.6. The van der Waals surface area contributed by atoms with Crippen molar-refractivity contribution in [1.82, 2.24) is 9.62 Å². The summed E-state index contributed by atoms with van der Waals surface area (Å²) in [6, 6.07) is 13.7. The van der Waals surface area contributed by atoms with Crippen LogP contribution in [-0.4, -0.2) is 56.4 Å². The Balaban J connectivity index is 1.60. The second kappa shape index (κ2) is 10.4. The number of hydrogen-bond donors (Lipinski definition) is 2. The number of thioether (sulfide) groups is 1. The maximum absolute atomic E-state index is 12.6. The van der Waals surface area contributed by atoms with Gasteiger partial charge in [-0.2, -0.15) is 11.8 Å². The van der Waals surface area contributed by atoms with Crippen molar-refractivity contribution in [3.63, 3.8) is 0 Å². The SMILES string of the molecule is CC(C)NS(=O)(=O)c1cccc(C(=O)Nc2ccc(CCN3CCSCC3)cc2)c1. The van der Waals surface area contributed by atoms with Gasteiger partial charge in [-0.3, -0.25) is 4.79 Å². The van der Waals surface area contributed by atoms with Crippen molar-refractivity contribution in [3.8, 4) is 0 Å². The highest BCUT2D eigenvalue weighted by molar-refractivity contribution is 7.99. The molecular formula is C22H29N3O3S2. The Bertz CT molecular complexity index is 954. The number of nitrogens with zero attached hydrogens (tertiary/aromatic N) is 1. The van der Waals surface area contributed by atoms with Crippen molar-refractivity contribution >= 4 is 33.4 Å². The molecule has 0 aliphatic carbocycles. The van der Waals surface area contributed by atoms with E-state index in [9.17, 15) is 13.2 Å².